The Hall–Kier alpha value is -2.08. The van der Waals surface area contributed by atoms with Crippen molar-refractivity contribution >= 4 is 77.2 Å². The molecule has 0 N–H and O–H groups in total. The molecule has 1 fully saturated rings. The number of thiazole rings is 1. The summed E-state index contributed by atoms with van der Waals surface area (Å²) in [6.45, 7) is 0.807. The van der Waals surface area contributed by atoms with Gasteiger partial charge in [-0.15, -0.1) is 11.3 Å². The number of carbonyl (C=O) groups is 1. The standard InChI is InChI=1S/C23H20Cl2N4O3S3/c24-16-4-5-18-19(13-16)33-23(27-18)29(14-17-3-1-2-10-26-17)22(30)15-8-11-28(12-9-15)35(31,32)21-7-6-20(25)34-21/h1-7,10,13,15H,8-9,11-12,14H2. The van der Waals surface area contributed by atoms with Crippen LogP contribution in [-0.4, -0.2) is 41.7 Å². The molecule has 4 heterocycles. The number of hydrogen-bond acceptors (Lipinski definition) is 7. The second-order valence-corrected chi connectivity index (χ2v) is 13.4. The highest BCUT2D eigenvalue weighted by Gasteiger charge is 2.35. The van der Waals surface area contributed by atoms with Gasteiger partial charge in [0.2, 0.25) is 5.91 Å². The summed E-state index contributed by atoms with van der Waals surface area (Å²) in [6, 6.07) is 14.1. The first-order valence-electron chi connectivity index (χ1n) is 10.8. The van der Waals surface area contributed by atoms with Crippen LogP contribution >= 0.6 is 45.9 Å². The molecule has 0 saturated carbocycles. The predicted octanol–water partition coefficient (Wildman–Crippen LogP) is 5.69. The van der Waals surface area contributed by atoms with Crippen LogP contribution in [0.1, 0.15) is 18.5 Å². The molecule has 1 aliphatic heterocycles. The zero-order valence-electron chi connectivity index (χ0n) is 18.3. The van der Waals surface area contributed by atoms with E-state index in [-0.39, 0.29) is 35.7 Å². The quantitative estimate of drug-likeness (QED) is 0.299. The first kappa shape index (κ1) is 24.6. The summed E-state index contributed by atoms with van der Waals surface area (Å²) in [6.07, 6.45) is 2.54. The molecule has 1 aliphatic rings. The van der Waals surface area contributed by atoms with Crippen molar-refractivity contribution in [2.45, 2.75) is 23.6 Å². The summed E-state index contributed by atoms with van der Waals surface area (Å²) in [7, 11) is -3.62. The number of halogens is 2. The minimum Gasteiger partial charge on any atom is -0.282 e. The Morgan fingerprint density at radius 1 is 1.09 bits per heavy atom. The molecule has 1 aromatic carbocycles. The number of hydrogen-bond donors (Lipinski definition) is 0. The van der Waals surface area contributed by atoms with Crippen LogP contribution in [0.15, 0.2) is 58.9 Å². The smallest absolute Gasteiger partial charge is 0.252 e. The van der Waals surface area contributed by atoms with Gasteiger partial charge in [-0.05, 0) is 55.3 Å². The number of amides is 1. The molecular formula is C23H20Cl2N4O3S3. The van der Waals surface area contributed by atoms with Crippen LogP contribution in [-0.2, 0) is 21.4 Å². The van der Waals surface area contributed by atoms with Gasteiger partial charge >= 0.3 is 0 Å². The van der Waals surface area contributed by atoms with Crippen molar-refractivity contribution < 1.29 is 13.2 Å². The van der Waals surface area contributed by atoms with Crippen molar-refractivity contribution in [2.24, 2.45) is 5.92 Å². The number of aromatic nitrogens is 2. The summed E-state index contributed by atoms with van der Waals surface area (Å²) in [5.41, 5.74) is 1.51. The summed E-state index contributed by atoms with van der Waals surface area (Å²) >= 11 is 14.5. The van der Waals surface area contributed by atoms with Gasteiger partial charge in [-0.3, -0.25) is 14.7 Å². The third kappa shape index (κ3) is 5.23. The summed E-state index contributed by atoms with van der Waals surface area (Å²) in [5, 5.41) is 1.18. The molecule has 0 radical (unpaired) electrons. The fourth-order valence-electron chi connectivity index (χ4n) is 4.02. The highest BCUT2D eigenvalue weighted by atomic mass is 35.5. The lowest BCUT2D eigenvalue weighted by molar-refractivity contribution is -0.123. The lowest BCUT2D eigenvalue weighted by Gasteiger charge is -2.32. The number of piperidine rings is 1. The van der Waals surface area contributed by atoms with Gasteiger partial charge in [-0.2, -0.15) is 4.31 Å². The van der Waals surface area contributed by atoms with Gasteiger partial charge in [0.25, 0.3) is 10.0 Å². The SMILES string of the molecule is O=C(C1CCN(S(=O)(=O)c2ccc(Cl)s2)CC1)N(Cc1ccccn1)c1nc2ccc(Cl)cc2s1. The molecule has 7 nitrogen and oxygen atoms in total. The molecule has 1 saturated heterocycles. The van der Waals surface area contributed by atoms with Crippen molar-refractivity contribution in [3.63, 3.8) is 0 Å². The van der Waals surface area contributed by atoms with E-state index >= 15 is 0 Å². The molecule has 0 aliphatic carbocycles. The van der Waals surface area contributed by atoms with Crippen molar-refractivity contribution in [1.82, 2.24) is 14.3 Å². The van der Waals surface area contributed by atoms with E-state index in [1.165, 1.54) is 21.7 Å². The second-order valence-electron chi connectivity index (χ2n) is 8.09. The molecule has 1 amide bonds. The fraction of sp³-hybridized carbons (Fsp3) is 0.261. The van der Waals surface area contributed by atoms with Crippen molar-refractivity contribution in [1.29, 1.82) is 0 Å². The molecule has 0 bridgehead atoms. The van der Waals surface area contributed by atoms with E-state index in [9.17, 15) is 13.2 Å². The van der Waals surface area contributed by atoms with Gasteiger partial charge in [0.05, 0.1) is 26.8 Å². The molecule has 5 rings (SSSR count). The molecule has 3 aromatic heterocycles. The average Bonchev–Trinajstić information content (AvgIpc) is 3.49. The van der Waals surface area contributed by atoms with Gasteiger partial charge < -0.3 is 0 Å². The van der Waals surface area contributed by atoms with E-state index in [0.717, 1.165) is 27.2 Å². The summed E-state index contributed by atoms with van der Waals surface area (Å²) in [4.78, 5) is 24.5. The van der Waals surface area contributed by atoms with Gasteiger partial charge in [0.1, 0.15) is 4.21 Å². The highest BCUT2D eigenvalue weighted by Crippen LogP contribution is 2.35. The van der Waals surface area contributed by atoms with Gasteiger partial charge in [0.15, 0.2) is 5.13 Å². The molecule has 0 spiro atoms. The Kier molecular flexibility index (Phi) is 7.11. The van der Waals surface area contributed by atoms with Crippen molar-refractivity contribution in [2.75, 3.05) is 18.0 Å². The fourth-order valence-corrected chi connectivity index (χ4v) is 8.38. The number of anilines is 1. The largest absolute Gasteiger partial charge is 0.282 e. The second kappa shape index (κ2) is 10.1. The minimum atomic E-state index is -3.62. The van der Waals surface area contributed by atoms with Crippen LogP contribution in [0.4, 0.5) is 5.13 Å². The van der Waals surface area contributed by atoms with E-state index < -0.39 is 10.0 Å². The maximum atomic E-state index is 13.7. The average molecular weight is 568 g/mol. The zero-order chi connectivity index (χ0) is 24.6. The molecule has 12 heteroatoms. The maximum Gasteiger partial charge on any atom is 0.252 e. The van der Waals surface area contributed by atoms with Gasteiger partial charge in [-0.25, -0.2) is 13.4 Å². The Morgan fingerprint density at radius 2 is 1.89 bits per heavy atom. The Morgan fingerprint density at radius 3 is 2.57 bits per heavy atom. The number of carbonyl (C=O) groups excluding carboxylic acids is 1. The molecule has 0 unspecified atom stereocenters. The number of nitrogens with zero attached hydrogens (tertiary/aromatic N) is 4. The zero-order valence-corrected chi connectivity index (χ0v) is 22.3. The van der Waals surface area contributed by atoms with Gasteiger partial charge in [-0.1, -0.05) is 40.6 Å². The van der Waals surface area contributed by atoms with Crippen LogP contribution in [0.5, 0.6) is 0 Å². The van der Waals surface area contributed by atoms with Crippen LogP contribution in [0.2, 0.25) is 9.36 Å². The van der Waals surface area contributed by atoms with Crippen LogP contribution < -0.4 is 4.90 Å². The van der Waals surface area contributed by atoms with E-state index in [1.54, 1.807) is 23.2 Å². The first-order chi connectivity index (χ1) is 16.8. The normalized spacial score (nSPS) is 15.5. The molecular weight excluding hydrogens is 547 g/mol. The monoisotopic (exact) mass is 566 g/mol. The Labute approximate surface area is 221 Å². The van der Waals surface area contributed by atoms with Crippen molar-refractivity contribution in [3.8, 4) is 0 Å². The minimum absolute atomic E-state index is 0.0861. The third-order valence-corrected chi connectivity index (χ3v) is 10.7. The van der Waals surface area contributed by atoms with Crippen LogP contribution in [0.25, 0.3) is 10.2 Å². The maximum absolute atomic E-state index is 13.7. The highest BCUT2D eigenvalue weighted by molar-refractivity contribution is 7.91. The number of fused-ring (bicyclic) bond motifs is 1. The van der Waals surface area contributed by atoms with E-state index in [1.807, 2.05) is 30.3 Å². The summed E-state index contributed by atoms with van der Waals surface area (Å²) < 4.78 is 28.9. The van der Waals surface area contributed by atoms with Crippen molar-refractivity contribution in [3.05, 3.63) is 69.8 Å². The Balaban J connectivity index is 1.37. The van der Waals surface area contributed by atoms with E-state index in [4.69, 9.17) is 23.2 Å². The van der Waals surface area contributed by atoms with Crippen LogP contribution in [0, 0.1) is 5.92 Å². The lowest BCUT2D eigenvalue weighted by atomic mass is 9.96. The van der Waals surface area contributed by atoms with Gasteiger partial charge in [0, 0.05) is 30.2 Å². The molecule has 35 heavy (non-hydrogen) atoms. The van der Waals surface area contributed by atoms with E-state index in [0.29, 0.717) is 27.3 Å². The summed E-state index contributed by atoms with van der Waals surface area (Å²) in [5.74, 6) is -0.412. The molecule has 0 atom stereocenters. The molecule has 4 aromatic rings. The lowest BCUT2D eigenvalue weighted by Crippen LogP contribution is -2.44. The number of thiophene rings is 1. The number of benzene rings is 1. The van der Waals surface area contributed by atoms with E-state index in [2.05, 4.69) is 9.97 Å². The van der Waals surface area contributed by atoms with Crippen LogP contribution in [0.3, 0.4) is 0 Å². The third-order valence-electron chi connectivity index (χ3n) is 5.83. The first-order valence-corrected chi connectivity index (χ1v) is 14.7. The number of pyridine rings is 1. The predicted molar refractivity (Wildman–Crippen MR) is 141 cm³/mol. The number of sulfonamides is 1. The molecule has 182 valence electrons. The Bertz CT molecular complexity index is 1470. The topological polar surface area (TPSA) is 83.5 Å². The number of rotatable bonds is 6.